The van der Waals surface area contributed by atoms with Gasteiger partial charge in [0.1, 0.15) is 11.4 Å². The van der Waals surface area contributed by atoms with Crippen molar-refractivity contribution in [2.24, 2.45) is 0 Å². The van der Waals surface area contributed by atoms with Crippen molar-refractivity contribution in [3.63, 3.8) is 0 Å². The van der Waals surface area contributed by atoms with Crippen molar-refractivity contribution >= 4 is 22.4 Å². The lowest BCUT2D eigenvalue weighted by Gasteiger charge is -2.04. The highest BCUT2D eigenvalue weighted by Crippen LogP contribution is 2.31. The largest absolute Gasteiger partial charge is 0.494 e. The predicted molar refractivity (Wildman–Crippen MR) is 104 cm³/mol. The molecule has 3 aromatic rings. The summed E-state index contributed by atoms with van der Waals surface area (Å²) in [5, 5.41) is 7.79. The van der Waals surface area contributed by atoms with Gasteiger partial charge in [0.15, 0.2) is 5.13 Å². The lowest BCUT2D eigenvalue weighted by molar-refractivity contribution is 0.101. The lowest BCUT2D eigenvalue weighted by atomic mass is 10.1. The van der Waals surface area contributed by atoms with E-state index in [2.05, 4.69) is 15.4 Å². The Morgan fingerprint density at radius 2 is 1.96 bits per heavy atom. The van der Waals surface area contributed by atoms with E-state index in [-0.39, 0.29) is 5.91 Å². The molecule has 3 rings (SSSR count). The number of aromatic nitrogens is 3. The summed E-state index contributed by atoms with van der Waals surface area (Å²) < 4.78 is 7.17. The average molecular weight is 370 g/mol. The number of carbonyl (C=O) groups is 1. The molecule has 0 aliphatic carbocycles. The maximum absolute atomic E-state index is 12.6. The van der Waals surface area contributed by atoms with Gasteiger partial charge >= 0.3 is 0 Å². The Morgan fingerprint density at radius 1 is 1.23 bits per heavy atom. The zero-order valence-corrected chi connectivity index (χ0v) is 16.2. The summed E-state index contributed by atoms with van der Waals surface area (Å²) in [4.78, 5) is 18.2. The molecule has 2 heterocycles. The van der Waals surface area contributed by atoms with Gasteiger partial charge in [0.25, 0.3) is 5.91 Å². The van der Waals surface area contributed by atoms with E-state index in [4.69, 9.17) is 4.74 Å². The molecule has 0 spiro atoms. The maximum atomic E-state index is 12.6. The predicted octanol–water partition coefficient (Wildman–Crippen LogP) is 4.29. The first-order chi connectivity index (χ1) is 12.5. The van der Waals surface area contributed by atoms with E-state index in [0.29, 0.717) is 24.0 Å². The van der Waals surface area contributed by atoms with E-state index in [1.165, 1.54) is 11.3 Å². The van der Waals surface area contributed by atoms with Gasteiger partial charge in [-0.2, -0.15) is 5.10 Å². The molecular weight excluding hydrogens is 348 g/mol. The first-order valence-electron chi connectivity index (χ1n) is 8.58. The number of amides is 1. The van der Waals surface area contributed by atoms with Crippen molar-refractivity contribution in [2.75, 3.05) is 11.9 Å². The highest BCUT2D eigenvalue weighted by atomic mass is 32.1. The topological polar surface area (TPSA) is 69.0 Å². The van der Waals surface area contributed by atoms with Crippen LogP contribution in [0, 0.1) is 13.8 Å². The van der Waals surface area contributed by atoms with Crippen LogP contribution in [0.3, 0.4) is 0 Å². The quantitative estimate of drug-likeness (QED) is 0.702. The van der Waals surface area contributed by atoms with Crippen LogP contribution in [0.5, 0.6) is 5.75 Å². The fourth-order valence-corrected chi connectivity index (χ4v) is 3.55. The van der Waals surface area contributed by atoms with Crippen molar-refractivity contribution in [3.05, 3.63) is 46.6 Å². The van der Waals surface area contributed by atoms with Gasteiger partial charge in [-0.3, -0.25) is 14.8 Å². The van der Waals surface area contributed by atoms with Gasteiger partial charge in [-0.05, 0) is 58.0 Å². The van der Waals surface area contributed by atoms with E-state index >= 15 is 0 Å². The molecule has 136 valence electrons. The monoisotopic (exact) mass is 370 g/mol. The number of nitrogens with zero attached hydrogens (tertiary/aromatic N) is 3. The standard InChI is InChI=1S/C19H22N4O2S/c1-5-23-16(11-12(3)22-23)18(24)21-19-20-17(13(4)26-19)14-7-9-15(10-8-14)25-6-2/h7-11H,5-6H2,1-4H3,(H,20,21,24). The van der Waals surface area contributed by atoms with Gasteiger partial charge in [-0.15, -0.1) is 11.3 Å². The number of carbonyl (C=O) groups excluding carboxylic acids is 1. The molecule has 0 bridgehead atoms. The highest BCUT2D eigenvalue weighted by molar-refractivity contribution is 7.16. The molecule has 1 amide bonds. The van der Waals surface area contributed by atoms with Crippen LogP contribution in [0.25, 0.3) is 11.3 Å². The van der Waals surface area contributed by atoms with E-state index in [9.17, 15) is 4.79 Å². The molecular formula is C19H22N4O2S. The van der Waals surface area contributed by atoms with E-state index in [1.54, 1.807) is 10.7 Å². The van der Waals surface area contributed by atoms with Gasteiger partial charge < -0.3 is 4.74 Å². The molecule has 0 atom stereocenters. The average Bonchev–Trinajstić information content (AvgIpc) is 3.18. The lowest BCUT2D eigenvalue weighted by Crippen LogP contribution is -2.17. The summed E-state index contributed by atoms with van der Waals surface area (Å²) in [6.45, 7) is 9.07. The normalized spacial score (nSPS) is 10.8. The van der Waals surface area contributed by atoms with Crippen molar-refractivity contribution in [1.29, 1.82) is 0 Å². The van der Waals surface area contributed by atoms with Crippen molar-refractivity contribution in [2.45, 2.75) is 34.2 Å². The van der Waals surface area contributed by atoms with Crippen LogP contribution in [0.2, 0.25) is 0 Å². The molecule has 0 aliphatic heterocycles. The number of hydrogen-bond donors (Lipinski definition) is 1. The fraction of sp³-hybridized carbons (Fsp3) is 0.316. The van der Waals surface area contributed by atoms with Gasteiger partial charge in [-0.25, -0.2) is 4.98 Å². The third-order valence-electron chi connectivity index (χ3n) is 3.89. The second-order valence-corrected chi connectivity index (χ2v) is 7.03. The van der Waals surface area contributed by atoms with Crippen LogP contribution in [0.4, 0.5) is 5.13 Å². The summed E-state index contributed by atoms with van der Waals surface area (Å²) in [6, 6.07) is 9.60. The van der Waals surface area contributed by atoms with E-state index in [0.717, 1.165) is 27.6 Å². The molecule has 7 heteroatoms. The van der Waals surface area contributed by atoms with Crippen molar-refractivity contribution in [3.8, 4) is 17.0 Å². The molecule has 0 saturated heterocycles. The molecule has 0 radical (unpaired) electrons. The molecule has 26 heavy (non-hydrogen) atoms. The van der Waals surface area contributed by atoms with Crippen LogP contribution in [-0.4, -0.2) is 27.3 Å². The number of anilines is 1. The Kier molecular flexibility index (Phi) is 5.37. The van der Waals surface area contributed by atoms with Crippen molar-refractivity contribution < 1.29 is 9.53 Å². The van der Waals surface area contributed by atoms with Crippen LogP contribution >= 0.6 is 11.3 Å². The zero-order valence-electron chi connectivity index (χ0n) is 15.4. The summed E-state index contributed by atoms with van der Waals surface area (Å²) in [5.41, 5.74) is 3.23. The second-order valence-electron chi connectivity index (χ2n) is 5.82. The minimum Gasteiger partial charge on any atom is -0.494 e. The summed E-state index contributed by atoms with van der Waals surface area (Å²) >= 11 is 1.46. The minimum atomic E-state index is -0.195. The number of benzene rings is 1. The third kappa shape index (κ3) is 3.77. The molecule has 0 unspecified atom stereocenters. The van der Waals surface area contributed by atoms with Gasteiger partial charge in [0.05, 0.1) is 18.0 Å². The van der Waals surface area contributed by atoms with E-state index < -0.39 is 0 Å². The van der Waals surface area contributed by atoms with Crippen LogP contribution in [-0.2, 0) is 6.54 Å². The number of aryl methyl sites for hydroxylation is 3. The van der Waals surface area contributed by atoms with Crippen LogP contribution < -0.4 is 10.1 Å². The van der Waals surface area contributed by atoms with Gasteiger partial charge in [0, 0.05) is 17.0 Å². The Hall–Kier alpha value is -2.67. The molecule has 0 saturated carbocycles. The third-order valence-corrected chi connectivity index (χ3v) is 4.78. The second kappa shape index (κ2) is 7.70. The first-order valence-corrected chi connectivity index (χ1v) is 9.40. The molecule has 0 aliphatic rings. The van der Waals surface area contributed by atoms with Gasteiger partial charge in [0.2, 0.25) is 0 Å². The van der Waals surface area contributed by atoms with Gasteiger partial charge in [-0.1, -0.05) is 0 Å². The van der Waals surface area contributed by atoms with Crippen LogP contribution in [0.1, 0.15) is 34.9 Å². The molecule has 2 aromatic heterocycles. The number of rotatable bonds is 6. The van der Waals surface area contributed by atoms with E-state index in [1.807, 2.05) is 52.0 Å². The SMILES string of the molecule is CCOc1ccc(-c2nc(NC(=O)c3cc(C)nn3CC)sc2C)cc1. The Labute approximate surface area is 156 Å². The number of hydrogen-bond acceptors (Lipinski definition) is 5. The van der Waals surface area contributed by atoms with Crippen LogP contribution in [0.15, 0.2) is 30.3 Å². The number of thiazole rings is 1. The minimum absolute atomic E-state index is 0.195. The Bertz CT molecular complexity index is 912. The number of ether oxygens (including phenoxy) is 1. The fourth-order valence-electron chi connectivity index (χ4n) is 2.72. The summed E-state index contributed by atoms with van der Waals surface area (Å²) in [6.07, 6.45) is 0. The molecule has 6 nitrogen and oxygen atoms in total. The first kappa shape index (κ1) is 18.1. The molecule has 0 fully saturated rings. The molecule has 1 aromatic carbocycles. The highest BCUT2D eigenvalue weighted by Gasteiger charge is 2.17. The molecule has 1 N–H and O–H groups in total. The smallest absolute Gasteiger partial charge is 0.275 e. The maximum Gasteiger partial charge on any atom is 0.275 e. The summed E-state index contributed by atoms with van der Waals surface area (Å²) in [7, 11) is 0. The summed E-state index contributed by atoms with van der Waals surface area (Å²) in [5.74, 6) is 0.639. The Balaban J connectivity index is 1.80. The number of nitrogens with one attached hydrogen (secondary N) is 1. The zero-order chi connectivity index (χ0) is 18.7. The van der Waals surface area contributed by atoms with Crippen molar-refractivity contribution in [1.82, 2.24) is 14.8 Å². The Morgan fingerprint density at radius 3 is 2.62 bits per heavy atom.